The molecule has 4 nitrogen and oxygen atoms in total. The summed E-state index contributed by atoms with van der Waals surface area (Å²) in [4.78, 5) is 2.65. The molecule has 2 aliphatic heterocycles. The summed E-state index contributed by atoms with van der Waals surface area (Å²) in [5.41, 5.74) is 1.37. The average molecular weight is 333 g/mol. The van der Waals surface area contributed by atoms with Crippen LogP contribution in [0.5, 0.6) is 5.75 Å². The molecular weight excluding hydrogens is 302 g/mol. The third kappa shape index (κ3) is 4.71. The summed E-state index contributed by atoms with van der Waals surface area (Å²) in [5.74, 6) is 2.29. The van der Waals surface area contributed by atoms with Crippen LogP contribution in [0.3, 0.4) is 0 Å². The number of nitrogens with zero attached hydrogens (tertiary/aromatic N) is 1. The molecule has 24 heavy (non-hydrogen) atoms. The number of piperidine rings is 1. The van der Waals surface area contributed by atoms with E-state index in [4.69, 9.17) is 14.2 Å². The van der Waals surface area contributed by atoms with Crippen LogP contribution in [0.15, 0.2) is 24.3 Å². The minimum Gasteiger partial charge on any atom is -0.497 e. The molecule has 1 aromatic carbocycles. The smallest absolute Gasteiger partial charge is 0.118 e. The largest absolute Gasteiger partial charge is 0.497 e. The molecule has 0 amide bonds. The number of methoxy groups -OCH3 is 2. The summed E-state index contributed by atoms with van der Waals surface area (Å²) in [6.07, 6.45) is 5.02. The van der Waals surface area contributed by atoms with E-state index in [2.05, 4.69) is 29.2 Å². The van der Waals surface area contributed by atoms with Crippen molar-refractivity contribution in [3.05, 3.63) is 29.8 Å². The van der Waals surface area contributed by atoms with E-state index in [0.717, 1.165) is 50.8 Å². The van der Waals surface area contributed by atoms with E-state index in [1.807, 2.05) is 7.11 Å². The molecule has 134 valence electrons. The number of benzene rings is 1. The molecule has 0 bridgehead atoms. The fourth-order valence-electron chi connectivity index (χ4n) is 4.12. The zero-order chi connectivity index (χ0) is 16.8. The van der Waals surface area contributed by atoms with Gasteiger partial charge in [-0.15, -0.1) is 0 Å². The zero-order valence-corrected chi connectivity index (χ0v) is 15.1. The molecule has 0 aliphatic carbocycles. The highest BCUT2D eigenvalue weighted by molar-refractivity contribution is 5.27. The van der Waals surface area contributed by atoms with Gasteiger partial charge in [-0.1, -0.05) is 12.1 Å². The molecule has 2 aliphatic rings. The van der Waals surface area contributed by atoms with Crippen LogP contribution >= 0.6 is 0 Å². The molecule has 0 N–H and O–H groups in total. The predicted molar refractivity (Wildman–Crippen MR) is 95.6 cm³/mol. The minimum absolute atomic E-state index is 0.373. The number of likely N-dealkylation sites (tertiary alicyclic amines) is 1. The van der Waals surface area contributed by atoms with Crippen molar-refractivity contribution < 1.29 is 14.2 Å². The van der Waals surface area contributed by atoms with Gasteiger partial charge in [-0.05, 0) is 49.3 Å². The Morgan fingerprint density at radius 3 is 2.50 bits per heavy atom. The van der Waals surface area contributed by atoms with Gasteiger partial charge < -0.3 is 19.1 Å². The van der Waals surface area contributed by atoms with Gasteiger partial charge in [-0.25, -0.2) is 0 Å². The van der Waals surface area contributed by atoms with Crippen LogP contribution < -0.4 is 4.74 Å². The molecule has 0 spiro atoms. The highest BCUT2D eigenvalue weighted by atomic mass is 16.5. The molecule has 2 saturated heterocycles. The summed E-state index contributed by atoms with van der Waals surface area (Å²) in [6, 6.07) is 8.48. The zero-order valence-electron chi connectivity index (χ0n) is 15.1. The van der Waals surface area contributed by atoms with Gasteiger partial charge in [-0.3, -0.25) is 0 Å². The summed E-state index contributed by atoms with van der Waals surface area (Å²) in [5, 5.41) is 0. The van der Waals surface area contributed by atoms with E-state index in [0.29, 0.717) is 12.0 Å². The minimum atomic E-state index is 0.373. The maximum absolute atomic E-state index is 5.79. The van der Waals surface area contributed by atoms with Gasteiger partial charge >= 0.3 is 0 Å². The Balaban J connectivity index is 1.57. The molecule has 0 unspecified atom stereocenters. The first-order valence-electron chi connectivity index (χ1n) is 9.24. The molecule has 4 heteroatoms. The lowest BCUT2D eigenvalue weighted by atomic mass is 9.87. The van der Waals surface area contributed by atoms with Crippen LogP contribution in [0.1, 0.15) is 24.8 Å². The number of hydrogen-bond acceptors (Lipinski definition) is 4. The van der Waals surface area contributed by atoms with E-state index >= 15 is 0 Å². The lowest BCUT2D eigenvalue weighted by Gasteiger charge is -2.40. The summed E-state index contributed by atoms with van der Waals surface area (Å²) >= 11 is 0. The first kappa shape index (κ1) is 17.7. The second-order valence-corrected chi connectivity index (χ2v) is 7.19. The molecule has 0 aromatic heterocycles. The SMILES string of the molecule is COc1ccc(C[C@@H]2CN(CC3CCOCC3)CC[C@H]2OC)cc1. The summed E-state index contributed by atoms with van der Waals surface area (Å²) in [7, 11) is 3.57. The highest BCUT2D eigenvalue weighted by Gasteiger charge is 2.30. The third-order valence-corrected chi connectivity index (χ3v) is 5.57. The van der Waals surface area contributed by atoms with Gasteiger partial charge in [0.1, 0.15) is 5.75 Å². The van der Waals surface area contributed by atoms with Crippen LogP contribution in [0.2, 0.25) is 0 Å². The molecule has 0 saturated carbocycles. The van der Waals surface area contributed by atoms with E-state index in [-0.39, 0.29) is 0 Å². The third-order valence-electron chi connectivity index (χ3n) is 5.57. The standard InChI is InChI=1S/C20H31NO3/c1-22-19-5-3-16(4-6-19)13-18-15-21(10-7-20(18)23-2)14-17-8-11-24-12-9-17/h3-6,17-18,20H,7-15H2,1-2H3/t18-,20-/m1/s1. The van der Waals surface area contributed by atoms with E-state index < -0.39 is 0 Å². The molecule has 2 fully saturated rings. The van der Waals surface area contributed by atoms with Gasteiger partial charge in [0.05, 0.1) is 13.2 Å². The van der Waals surface area contributed by atoms with E-state index in [9.17, 15) is 0 Å². The molecular formula is C20H31NO3. The Labute approximate surface area is 146 Å². The lowest BCUT2D eigenvalue weighted by Crippen LogP contribution is -2.46. The van der Waals surface area contributed by atoms with Gasteiger partial charge in [0.15, 0.2) is 0 Å². The van der Waals surface area contributed by atoms with Crippen molar-refractivity contribution >= 4 is 0 Å². The van der Waals surface area contributed by atoms with Crippen molar-refractivity contribution in [3.8, 4) is 5.75 Å². The second-order valence-electron chi connectivity index (χ2n) is 7.19. The van der Waals surface area contributed by atoms with Gasteiger partial charge in [0.25, 0.3) is 0 Å². The Hall–Kier alpha value is -1.10. The summed E-state index contributed by atoms with van der Waals surface area (Å²) in [6.45, 7) is 5.40. The van der Waals surface area contributed by atoms with Crippen molar-refractivity contribution in [1.29, 1.82) is 0 Å². The van der Waals surface area contributed by atoms with E-state index in [1.54, 1.807) is 7.11 Å². The highest BCUT2D eigenvalue weighted by Crippen LogP contribution is 2.26. The van der Waals surface area contributed by atoms with Crippen LogP contribution in [0.25, 0.3) is 0 Å². The first-order valence-corrected chi connectivity index (χ1v) is 9.24. The normalized spacial score (nSPS) is 26.4. The van der Waals surface area contributed by atoms with Crippen molar-refractivity contribution in [2.24, 2.45) is 11.8 Å². The Kier molecular flexibility index (Phi) is 6.52. The van der Waals surface area contributed by atoms with Crippen LogP contribution in [-0.4, -0.2) is 58.1 Å². The summed E-state index contributed by atoms with van der Waals surface area (Å²) < 4.78 is 16.5. The Bertz CT molecular complexity index is 484. The average Bonchev–Trinajstić information content (AvgIpc) is 2.63. The number of rotatable bonds is 6. The number of ether oxygens (including phenoxy) is 3. The number of hydrogen-bond donors (Lipinski definition) is 0. The second kappa shape index (κ2) is 8.84. The maximum Gasteiger partial charge on any atom is 0.118 e. The van der Waals surface area contributed by atoms with Crippen molar-refractivity contribution in [1.82, 2.24) is 4.90 Å². The Morgan fingerprint density at radius 2 is 1.83 bits per heavy atom. The predicted octanol–water partition coefficient (Wildman–Crippen LogP) is 3.00. The fraction of sp³-hybridized carbons (Fsp3) is 0.700. The van der Waals surface area contributed by atoms with Gasteiger partial charge in [-0.2, -0.15) is 0 Å². The maximum atomic E-state index is 5.79. The lowest BCUT2D eigenvalue weighted by molar-refractivity contribution is -0.0175. The van der Waals surface area contributed by atoms with Gasteiger partial charge in [0.2, 0.25) is 0 Å². The molecule has 2 heterocycles. The topological polar surface area (TPSA) is 30.9 Å². The van der Waals surface area contributed by atoms with E-state index in [1.165, 1.54) is 24.9 Å². The molecule has 1 aromatic rings. The molecule has 0 radical (unpaired) electrons. The van der Waals surface area contributed by atoms with Crippen LogP contribution in [0, 0.1) is 11.8 Å². The quantitative estimate of drug-likeness (QED) is 0.801. The molecule has 3 rings (SSSR count). The van der Waals surface area contributed by atoms with Crippen molar-refractivity contribution in [2.75, 3.05) is 47.1 Å². The van der Waals surface area contributed by atoms with Crippen LogP contribution in [0.4, 0.5) is 0 Å². The Morgan fingerprint density at radius 1 is 1.08 bits per heavy atom. The fourth-order valence-corrected chi connectivity index (χ4v) is 4.12. The monoisotopic (exact) mass is 333 g/mol. The van der Waals surface area contributed by atoms with Gasteiger partial charge in [0, 0.05) is 45.9 Å². The van der Waals surface area contributed by atoms with Crippen LogP contribution in [-0.2, 0) is 15.9 Å². The molecule has 2 atom stereocenters. The van der Waals surface area contributed by atoms with Crippen molar-refractivity contribution in [3.63, 3.8) is 0 Å². The van der Waals surface area contributed by atoms with Crippen molar-refractivity contribution in [2.45, 2.75) is 31.8 Å². The first-order chi connectivity index (χ1) is 11.8.